The summed E-state index contributed by atoms with van der Waals surface area (Å²) in [6.45, 7) is 0.0265. The number of benzene rings is 1. The maximum absolute atomic E-state index is 11.4. The molecule has 0 heterocycles. The van der Waals surface area contributed by atoms with Gasteiger partial charge in [-0.2, -0.15) is 0 Å². The SMILES string of the molecule is COCC(=O)OC1CCCc2ccccc21. The van der Waals surface area contributed by atoms with E-state index < -0.39 is 0 Å². The lowest BCUT2D eigenvalue weighted by molar-refractivity contribution is -0.154. The molecule has 0 aliphatic heterocycles. The number of aryl methyl sites for hydroxylation is 1. The highest BCUT2D eigenvalue weighted by Crippen LogP contribution is 2.32. The van der Waals surface area contributed by atoms with E-state index in [4.69, 9.17) is 9.47 Å². The van der Waals surface area contributed by atoms with E-state index in [1.54, 1.807) is 0 Å². The Labute approximate surface area is 95.4 Å². The van der Waals surface area contributed by atoms with Gasteiger partial charge < -0.3 is 9.47 Å². The number of ether oxygens (including phenoxy) is 2. The number of hydrogen-bond donors (Lipinski definition) is 0. The lowest BCUT2D eigenvalue weighted by Gasteiger charge is -2.25. The first-order chi connectivity index (χ1) is 7.81. The van der Waals surface area contributed by atoms with Crippen LogP contribution in [0.15, 0.2) is 24.3 Å². The summed E-state index contributed by atoms with van der Waals surface area (Å²) in [6.07, 6.45) is 2.97. The summed E-state index contributed by atoms with van der Waals surface area (Å²) in [4.78, 5) is 11.4. The van der Waals surface area contributed by atoms with Crippen LogP contribution >= 0.6 is 0 Å². The van der Waals surface area contributed by atoms with E-state index in [0.29, 0.717) is 0 Å². The van der Waals surface area contributed by atoms with E-state index in [9.17, 15) is 4.79 Å². The quantitative estimate of drug-likeness (QED) is 0.733. The van der Waals surface area contributed by atoms with Crippen molar-refractivity contribution in [1.82, 2.24) is 0 Å². The van der Waals surface area contributed by atoms with Crippen LogP contribution in [0.4, 0.5) is 0 Å². The van der Waals surface area contributed by atoms with Gasteiger partial charge in [0.2, 0.25) is 0 Å². The fourth-order valence-electron chi connectivity index (χ4n) is 2.14. The molecular formula is C13H16O3. The van der Waals surface area contributed by atoms with Gasteiger partial charge >= 0.3 is 5.97 Å². The Bertz CT molecular complexity index is 373. The van der Waals surface area contributed by atoms with Crippen LogP contribution in [0.25, 0.3) is 0 Å². The predicted octanol–water partition coefficient (Wildman–Crippen LogP) is 2.25. The number of fused-ring (bicyclic) bond motifs is 1. The minimum Gasteiger partial charge on any atom is -0.456 e. The highest BCUT2D eigenvalue weighted by molar-refractivity contribution is 5.71. The van der Waals surface area contributed by atoms with Crippen molar-refractivity contribution in [2.45, 2.75) is 25.4 Å². The van der Waals surface area contributed by atoms with Gasteiger partial charge in [0.15, 0.2) is 0 Å². The molecule has 0 saturated heterocycles. The van der Waals surface area contributed by atoms with E-state index in [-0.39, 0.29) is 18.7 Å². The number of methoxy groups -OCH3 is 1. The molecule has 0 saturated carbocycles. The number of carbonyl (C=O) groups is 1. The molecule has 0 amide bonds. The first-order valence-electron chi connectivity index (χ1n) is 5.57. The van der Waals surface area contributed by atoms with Gasteiger partial charge in [-0.05, 0) is 30.4 Å². The van der Waals surface area contributed by atoms with E-state index in [0.717, 1.165) is 24.8 Å². The van der Waals surface area contributed by atoms with Crippen LogP contribution in [-0.2, 0) is 20.7 Å². The predicted molar refractivity (Wildman–Crippen MR) is 60.1 cm³/mol. The van der Waals surface area contributed by atoms with Gasteiger partial charge in [-0.3, -0.25) is 0 Å². The zero-order valence-electron chi connectivity index (χ0n) is 9.44. The molecule has 0 fully saturated rings. The molecule has 16 heavy (non-hydrogen) atoms. The average Bonchev–Trinajstić information content (AvgIpc) is 2.30. The van der Waals surface area contributed by atoms with E-state index in [1.165, 1.54) is 12.7 Å². The molecule has 86 valence electrons. The van der Waals surface area contributed by atoms with Crippen LogP contribution in [0.1, 0.15) is 30.1 Å². The second-order valence-corrected chi connectivity index (χ2v) is 4.00. The van der Waals surface area contributed by atoms with Gasteiger partial charge in [-0.15, -0.1) is 0 Å². The second-order valence-electron chi connectivity index (χ2n) is 4.00. The summed E-state index contributed by atoms with van der Waals surface area (Å²) >= 11 is 0. The zero-order valence-corrected chi connectivity index (χ0v) is 9.44. The third-order valence-electron chi connectivity index (χ3n) is 2.85. The molecule has 1 aliphatic carbocycles. The number of rotatable bonds is 3. The fourth-order valence-corrected chi connectivity index (χ4v) is 2.14. The Kier molecular flexibility index (Phi) is 3.57. The fraction of sp³-hybridized carbons (Fsp3) is 0.462. The average molecular weight is 220 g/mol. The topological polar surface area (TPSA) is 35.5 Å². The van der Waals surface area contributed by atoms with Crippen LogP contribution in [0, 0.1) is 0 Å². The Balaban J connectivity index is 2.10. The van der Waals surface area contributed by atoms with Crippen molar-refractivity contribution >= 4 is 5.97 Å². The first kappa shape index (κ1) is 11.1. The first-order valence-corrected chi connectivity index (χ1v) is 5.57. The molecule has 1 atom stereocenters. The van der Waals surface area contributed by atoms with Gasteiger partial charge in [-0.1, -0.05) is 24.3 Å². The van der Waals surface area contributed by atoms with Gasteiger partial charge in [-0.25, -0.2) is 4.79 Å². The van der Waals surface area contributed by atoms with E-state index >= 15 is 0 Å². The van der Waals surface area contributed by atoms with E-state index in [1.807, 2.05) is 18.2 Å². The summed E-state index contributed by atoms with van der Waals surface area (Å²) in [5.74, 6) is -0.288. The number of esters is 1. The lowest BCUT2D eigenvalue weighted by atomic mass is 9.89. The maximum Gasteiger partial charge on any atom is 0.332 e. The van der Waals surface area contributed by atoms with Crippen LogP contribution in [0.5, 0.6) is 0 Å². The Morgan fingerprint density at radius 1 is 1.44 bits per heavy atom. The smallest absolute Gasteiger partial charge is 0.332 e. The third-order valence-corrected chi connectivity index (χ3v) is 2.85. The lowest BCUT2D eigenvalue weighted by Crippen LogP contribution is -2.19. The molecule has 0 spiro atoms. The van der Waals surface area contributed by atoms with Gasteiger partial charge in [0, 0.05) is 7.11 Å². The van der Waals surface area contributed by atoms with Gasteiger partial charge in [0.1, 0.15) is 12.7 Å². The van der Waals surface area contributed by atoms with Crippen molar-refractivity contribution in [2.24, 2.45) is 0 Å². The molecule has 1 aliphatic rings. The summed E-state index contributed by atoms with van der Waals surface area (Å²) < 4.78 is 10.2. The Hall–Kier alpha value is -1.35. The Morgan fingerprint density at radius 2 is 2.25 bits per heavy atom. The van der Waals surface area contributed by atoms with Crippen molar-refractivity contribution in [3.8, 4) is 0 Å². The minimum absolute atomic E-state index is 0.0265. The molecule has 1 aromatic rings. The van der Waals surface area contributed by atoms with Crippen molar-refractivity contribution in [3.05, 3.63) is 35.4 Å². The second kappa shape index (κ2) is 5.12. The number of carbonyl (C=O) groups excluding carboxylic acids is 1. The molecule has 3 nitrogen and oxygen atoms in total. The highest BCUT2D eigenvalue weighted by Gasteiger charge is 2.22. The van der Waals surface area contributed by atoms with E-state index in [2.05, 4.69) is 6.07 Å². The molecule has 1 unspecified atom stereocenters. The largest absolute Gasteiger partial charge is 0.456 e. The number of hydrogen-bond acceptors (Lipinski definition) is 3. The molecule has 0 aromatic heterocycles. The van der Waals surface area contributed by atoms with Crippen LogP contribution in [-0.4, -0.2) is 19.7 Å². The molecule has 0 bridgehead atoms. The summed E-state index contributed by atoms with van der Waals surface area (Å²) in [6, 6.07) is 8.16. The minimum atomic E-state index is -0.288. The normalized spacial score (nSPS) is 18.9. The van der Waals surface area contributed by atoms with Crippen molar-refractivity contribution in [1.29, 1.82) is 0 Å². The maximum atomic E-state index is 11.4. The monoisotopic (exact) mass is 220 g/mol. The Morgan fingerprint density at radius 3 is 3.06 bits per heavy atom. The molecule has 0 N–H and O–H groups in total. The zero-order chi connectivity index (χ0) is 11.4. The van der Waals surface area contributed by atoms with Crippen molar-refractivity contribution in [2.75, 3.05) is 13.7 Å². The summed E-state index contributed by atoms with van der Waals surface area (Å²) in [5, 5.41) is 0. The van der Waals surface area contributed by atoms with Crippen molar-refractivity contribution < 1.29 is 14.3 Å². The summed E-state index contributed by atoms with van der Waals surface area (Å²) in [5.41, 5.74) is 2.45. The van der Waals surface area contributed by atoms with Crippen LogP contribution in [0.2, 0.25) is 0 Å². The molecule has 2 rings (SSSR count). The van der Waals surface area contributed by atoms with Gasteiger partial charge in [0.25, 0.3) is 0 Å². The van der Waals surface area contributed by atoms with Crippen LogP contribution in [0.3, 0.4) is 0 Å². The standard InChI is InChI=1S/C13H16O3/c1-15-9-13(14)16-12-8-4-6-10-5-2-3-7-11(10)12/h2-3,5,7,12H,4,6,8-9H2,1H3. The molecule has 1 aromatic carbocycles. The molecular weight excluding hydrogens is 204 g/mol. The van der Waals surface area contributed by atoms with Gasteiger partial charge in [0.05, 0.1) is 0 Å². The van der Waals surface area contributed by atoms with Crippen molar-refractivity contribution in [3.63, 3.8) is 0 Å². The highest BCUT2D eigenvalue weighted by atomic mass is 16.6. The molecule has 0 radical (unpaired) electrons. The van der Waals surface area contributed by atoms with Crippen LogP contribution < -0.4 is 0 Å². The summed E-state index contributed by atoms with van der Waals surface area (Å²) in [7, 11) is 1.50. The third kappa shape index (κ3) is 2.42. The molecule has 3 heteroatoms.